The Morgan fingerprint density at radius 3 is 2.58 bits per heavy atom. The molecule has 19 heavy (non-hydrogen) atoms. The van der Waals surface area contributed by atoms with E-state index < -0.39 is 11.9 Å². The number of hydrogen-bond donors (Lipinski definition) is 1. The first-order valence-electron chi connectivity index (χ1n) is 5.74. The maximum absolute atomic E-state index is 11.3. The zero-order valence-corrected chi connectivity index (χ0v) is 11.2. The van der Waals surface area contributed by atoms with Crippen molar-refractivity contribution in [2.24, 2.45) is 0 Å². The molecule has 0 amide bonds. The average molecular weight is 278 g/mol. The monoisotopic (exact) mass is 278 g/mol. The molecule has 0 aliphatic rings. The minimum atomic E-state index is -0.891. The smallest absolute Gasteiger partial charge is 0.315 e. The third-order valence-corrected chi connectivity index (χ3v) is 3.65. The van der Waals surface area contributed by atoms with Crippen molar-refractivity contribution in [3.63, 3.8) is 0 Å². The molecule has 2 rings (SSSR count). The third-order valence-electron chi connectivity index (χ3n) is 2.66. The van der Waals surface area contributed by atoms with Crippen molar-refractivity contribution in [2.45, 2.75) is 5.92 Å². The van der Waals surface area contributed by atoms with Gasteiger partial charge >= 0.3 is 5.97 Å². The summed E-state index contributed by atoms with van der Waals surface area (Å²) in [7, 11) is 1.55. The van der Waals surface area contributed by atoms with Crippen molar-refractivity contribution in [2.75, 3.05) is 13.7 Å². The van der Waals surface area contributed by atoms with E-state index in [2.05, 4.69) is 0 Å². The number of aliphatic carboxylic acids is 1. The molecule has 1 aromatic heterocycles. The molecule has 5 heteroatoms. The Bertz CT molecular complexity index is 536. The van der Waals surface area contributed by atoms with Crippen molar-refractivity contribution in [3.8, 4) is 11.5 Å². The van der Waals surface area contributed by atoms with E-state index in [-0.39, 0.29) is 6.61 Å². The Kier molecular flexibility index (Phi) is 4.41. The molecule has 0 aliphatic heterocycles. The van der Waals surface area contributed by atoms with E-state index in [9.17, 15) is 9.90 Å². The fourth-order valence-corrected chi connectivity index (χ4v) is 2.48. The molecule has 0 bridgehead atoms. The summed E-state index contributed by atoms with van der Waals surface area (Å²) in [5, 5.41) is 11.1. The van der Waals surface area contributed by atoms with Gasteiger partial charge in [-0.15, -0.1) is 11.3 Å². The Hall–Kier alpha value is -2.01. The van der Waals surface area contributed by atoms with E-state index in [1.807, 2.05) is 23.6 Å². The zero-order valence-electron chi connectivity index (χ0n) is 10.4. The lowest BCUT2D eigenvalue weighted by atomic mass is 10.1. The van der Waals surface area contributed by atoms with Crippen LogP contribution in [0.5, 0.6) is 11.5 Å². The number of benzene rings is 1. The Labute approximate surface area is 115 Å². The molecule has 0 radical (unpaired) electrons. The Balaban J connectivity index is 2.09. The number of para-hydroxylation sites is 2. The average Bonchev–Trinajstić information content (AvgIpc) is 2.93. The lowest BCUT2D eigenvalue weighted by Gasteiger charge is -2.14. The predicted molar refractivity (Wildman–Crippen MR) is 73.2 cm³/mol. The second-order valence-electron chi connectivity index (χ2n) is 3.87. The maximum Gasteiger partial charge on any atom is 0.315 e. The fourth-order valence-electron chi connectivity index (χ4n) is 1.68. The van der Waals surface area contributed by atoms with Crippen molar-refractivity contribution in [3.05, 3.63) is 46.7 Å². The van der Waals surface area contributed by atoms with Gasteiger partial charge < -0.3 is 14.6 Å². The summed E-state index contributed by atoms with van der Waals surface area (Å²) in [6.45, 7) is 0.0796. The van der Waals surface area contributed by atoms with Gasteiger partial charge in [-0.1, -0.05) is 18.2 Å². The molecule has 0 saturated heterocycles. The van der Waals surface area contributed by atoms with Gasteiger partial charge in [-0.25, -0.2) is 0 Å². The molecule has 1 aromatic carbocycles. The van der Waals surface area contributed by atoms with Gasteiger partial charge in [-0.05, 0) is 23.6 Å². The molecule has 1 unspecified atom stereocenters. The highest BCUT2D eigenvalue weighted by Gasteiger charge is 2.22. The number of hydrogen-bond acceptors (Lipinski definition) is 4. The summed E-state index contributed by atoms with van der Waals surface area (Å²) in [5.74, 6) is -0.409. The van der Waals surface area contributed by atoms with Crippen LogP contribution in [0.3, 0.4) is 0 Å². The molecular weight excluding hydrogens is 264 g/mol. The number of carbonyl (C=O) groups is 1. The predicted octanol–water partition coefficient (Wildman–Crippen LogP) is 3.00. The van der Waals surface area contributed by atoms with Crippen LogP contribution >= 0.6 is 11.3 Å². The van der Waals surface area contributed by atoms with E-state index >= 15 is 0 Å². The molecule has 0 spiro atoms. The molecule has 1 heterocycles. The van der Waals surface area contributed by atoms with Gasteiger partial charge in [0, 0.05) is 4.88 Å². The Morgan fingerprint density at radius 2 is 2.00 bits per heavy atom. The quantitative estimate of drug-likeness (QED) is 0.882. The second kappa shape index (κ2) is 6.24. The van der Waals surface area contributed by atoms with Crippen molar-refractivity contribution in [1.82, 2.24) is 0 Å². The van der Waals surface area contributed by atoms with E-state index in [0.29, 0.717) is 11.5 Å². The summed E-state index contributed by atoms with van der Waals surface area (Å²) >= 11 is 1.41. The van der Waals surface area contributed by atoms with Crippen LogP contribution in [0, 0.1) is 0 Å². The van der Waals surface area contributed by atoms with E-state index in [4.69, 9.17) is 9.47 Å². The number of carboxylic acids is 1. The van der Waals surface area contributed by atoms with Gasteiger partial charge in [0.25, 0.3) is 0 Å². The first kappa shape index (κ1) is 13.4. The maximum atomic E-state index is 11.3. The van der Waals surface area contributed by atoms with Gasteiger partial charge in [0.05, 0.1) is 7.11 Å². The topological polar surface area (TPSA) is 55.8 Å². The number of methoxy groups -OCH3 is 1. The first-order valence-corrected chi connectivity index (χ1v) is 6.62. The van der Waals surface area contributed by atoms with Crippen LogP contribution in [-0.2, 0) is 4.79 Å². The number of carboxylic acid groups (broad SMARTS) is 1. The lowest BCUT2D eigenvalue weighted by Crippen LogP contribution is -2.18. The van der Waals surface area contributed by atoms with Crippen molar-refractivity contribution in [1.29, 1.82) is 0 Å². The van der Waals surface area contributed by atoms with Crippen molar-refractivity contribution < 1.29 is 19.4 Å². The molecule has 1 N–H and O–H groups in total. The molecule has 0 aliphatic carbocycles. The summed E-state index contributed by atoms with van der Waals surface area (Å²) < 4.78 is 10.7. The summed E-state index contributed by atoms with van der Waals surface area (Å²) in [4.78, 5) is 12.0. The normalized spacial score (nSPS) is 11.8. The van der Waals surface area contributed by atoms with Gasteiger partial charge in [-0.3, -0.25) is 4.79 Å². The second-order valence-corrected chi connectivity index (χ2v) is 4.85. The van der Waals surface area contributed by atoms with E-state index in [1.54, 1.807) is 25.3 Å². The fraction of sp³-hybridized carbons (Fsp3) is 0.214. The summed E-state index contributed by atoms with van der Waals surface area (Å²) in [5.41, 5.74) is 0. The van der Waals surface area contributed by atoms with Crippen LogP contribution in [-0.4, -0.2) is 24.8 Å². The van der Waals surface area contributed by atoms with Crippen LogP contribution in [0.1, 0.15) is 10.8 Å². The van der Waals surface area contributed by atoms with Crippen LogP contribution in [0.2, 0.25) is 0 Å². The molecule has 4 nitrogen and oxygen atoms in total. The standard InChI is InChI=1S/C14H14O4S/c1-17-11-5-2-3-6-12(11)18-9-10(14(15)16)13-7-4-8-19-13/h2-8,10H,9H2,1H3,(H,15,16). The molecule has 100 valence electrons. The highest BCUT2D eigenvalue weighted by molar-refractivity contribution is 7.10. The lowest BCUT2D eigenvalue weighted by molar-refractivity contribution is -0.139. The van der Waals surface area contributed by atoms with Gasteiger partial charge in [0.2, 0.25) is 0 Å². The molecular formula is C14H14O4S. The van der Waals surface area contributed by atoms with Crippen LogP contribution in [0.25, 0.3) is 0 Å². The molecule has 2 aromatic rings. The SMILES string of the molecule is COc1ccccc1OCC(C(=O)O)c1cccs1. The summed E-state index contributed by atoms with van der Waals surface area (Å²) in [6, 6.07) is 10.8. The first-order chi connectivity index (χ1) is 9.22. The largest absolute Gasteiger partial charge is 0.493 e. The molecule has 0 saturated carbocycles. The molecule has 0 fully saturated rings. The van der Waals surface area contributed by atoms with E-state index in [1.165, 1.54) is 11.3 Å². The van der Waals surface area contributed by atoms with Crippen LogP contribution in [0.4, 0.5) is 0 Å². The van der Waals surface area contributed by atoms with Crippen LogP contribution < -0.4 is 9.47 Å². The third kappa shape index (κ3) is 3.26. The highest BCUT2D eigenvalue weighted by Crippen LogP contribution is 2.28. The Morgan fingerprint density at radius 1 is 1.26 bits per heavy atom. The van der Waals surface area contributed by atoms with Gasteiger partial charge in [-0.2, -0.15) is 0 Å². The van der Waals surface area contributed by atoms with Crippen molar-refractivity contribution >= 4 is 17.3 Å². The number of ether oxygens (including phenoxy) is 2. The number of thiophene rings is 1. The van der Waals surface area contributed by atoms with Gasteiger partial charge in [0.1, 0.15) is 12.5 Å². The summed E-state index contributed by atoms with van der Waals surface area (Å²) in [6.07, 6.45) is 0. The minimum Gasteiger partial charge on any atom is -0.493 e. The highest BCUT2D eigenvalue weighted by atomic mass is 32.1. The van der Waals surface area contributed by atoms with E-state index in [0.717, 1.165) is 4.88 Å². The molecule has 1 atom stereocenters. The van der Waals surface area contributed by atoms with Gasteiger partial charge in [0.15, 0.2) is 11.5 Å². The minimum absolute atomic E-state index is 0.0796. The zero-order chi connectivity index (χ0) is 13.7. The van der Waals surface area contributed by atoms with Crippen LogP contribution in [0.15, 0.2) is 41.8 Å². The number of rotatable bonds is 6.